The van der Waals surface area contributed by atoms with Crippen LogP contribution in [0.4, 0.5) is 10.1 Å². The van der Waals surface area contributed by atoms with Crippen molar-refractivity contribution in [3.8, 4) is 16.9 Å². The summed E-state index contributed by atoms with van der Waals surface area (Å²) in [5.74, 6) is -0.280. The molecule has 1 aromatic heterocycles. The van der Waals surface area contributed by atoms with E-state index in [0.717, 1.165) is 44.0 Å². The maximum Gasteiger partial charge on any atom is 0.248 e. The Bertz CT molecular complexity index is 1610. The topological polar surface area (TPSA) is 51.5 Å². The average Bonchev–Trinajstić information content (AvgIpc) is 3.29. The molecule has 0 atom stereocenters. The molecule has 0 unspecified atom stereocenters. The molecule has 5 heteroatoms. The second kappa shape index (κ2) is 9.11. The van der Waals surface area contributed by atoms with Crippen LogP contribution in [0.1, 0.15) is 18.1 Å². The summed E-state index contributed by atoms with van der Waals surface area (Å²) in [5.41, 5.74) is 5.19. The number of furan rings is 1. The highest BCUT2D eigenvalue weighted by atomic mass is 19.1. The van der Waals surface area contributed by atoms with Crippen molar-refractivity contribution in [3.63, 3.8) is 0 Å². The molecule has 35 heavy (non-hydrogen) atoms. The SMILES string of the molecule is COc1c(/C(C)=C/C(=O)Nc2ccccc2F)cc2c(-c3cccc4ccccc34)coc2c1C. The lowest BCUT2D eigenvalue weighted by molar-refractivity contribution is -0.111. The molecular formula is C30H24FNO3. The van der Waals surface area contributed by atoms with Crippen molar-refractivity contribution in [2.75, 3.05) is 12.4 Å². The maximum absolute atomic E-state index is 14.0. The van der Waals surface area contributed by atoms with Gasteiger partial charge in [-0.25, -0.2) is 4.39 Å². The molecule has 5 rings (SSSR count). The number of ether oxygens (including phenoxy) is 1. The lowest BCUT2D eigenvalue weighted by atomic mass is 9.94. The number of aryl methyl sites for hydroxylation is 1. The summed E-state index contributed by atoms with van der Waals surface area (Å²) >= 11 is 0. The number of para-hydroxylation sites is 1. The van der Waals surface area contributed by atoms with Crippen LogP contribution < -0.4 is 10.1 Å². The first-order valence-electron chi connectivity index (χ1n) is 11.3. The van der Waals surface area contributed by atoms with Crippen LogP contribution in [0.3, 0.4) is 0 Å². The van der Waals surface area contributed by atoms with Crippen molar-refractivity contribution >= 4 is 38.9 Å². The summed E-state index contributed by atoms with van der Waals surface area (Å²) < 4.78 is 25.7. The van der Waals surface area contributed by atoms with Gasteiger partial charge >= 0.3 is 0 Å². The number of rotatable bonds is 5. The number of hydrogen-bond acceptors (Lipinski definition) is 3. The minimum absolute atomic E-state index is 0.133. The number of amides is 1. The molecule has 1 amide bonds. The van der Waals surface area contributed by atoms with Crippen LogP contribution in [-0.2, 0) is 4.79 Å². The second-order valence-electron chi connectivity index (χ2n) is 8.43. The quantitative estimate of drug-likeness (QED) is 0.270. The average molecular weight is 466 g/mol. The lowest BCUT2D eigenvalue weighted by Gasteiger charge is -2.14. The van der Waals surface area contributed by atoms with Gasteiger partial charge in [0.05, 0.1) is 19.1 Å². The highest BCUT2D eigenvalue weighted by Crippen LogP contribution is 2.42. The fraction of sp³-hybridized carbons (Fsp3) is 0.100. The molecular weight excluding hydrogens is 441 g/mol. The molecule has 4 aromatic carbocycles. The number of methoxy groups -OCH3 is 1. The van der Waals surface area contributed by atoms with Gasteiger partial charge in [-0.15, -0.1) is 0 Å². The number of carbonyl (C=O) groups is 1. The third-order valence-electron chi connectivity index (χ3n) is 6.23. The molecule has 0 spiro atoms. The Labute approximate surface area is 202 Å². The molecule has 0 saturated carbocycles. The van der Waals surface area contributed by atoms with Gasteiger partial charge in [0.1, 0.15) is 17.1 Å². The number of fused-ring (bicyclic) bond motifs is 2. The molecule has 0 bridgehead atoms. The summed E-state index contributed by atoms with van der Waals surface area (Å²) in [6.45, 7) is 3.77. The van der Waals surface area contributed by atoms with Gasteiger partial charge in [0.25, 0.3) is 0 Å². The van der Waals surface area contributed by atoms with Crippen LogP contribution in [-0.4, -0.2) is 13.0 Å². The Balaban J connectivity index is 1.62. The van der Waals surface area contributed by atoms with Crippen molar-refractivity contribution in [1.82, 2.24) is 0 Å². The Kier molecular flexibility index (Phi) is 5.83. The van der Waals surface area contributed by atoms with Crippen LogP contribution >= 0.6 is 0 Å². The van der Waals surface area contributed by atoms with Crippen LogP contribution in [0.2, 0.25) is 0 Å². The van der Waals surface area contributed by atoms with Gasteiger partial charge in [0, 0.05) is 28.2 Å². The molecule has 1 N–H and O–H groups in total. The zero-order valence-corrected chi connectivity index (χ0v) is 19.7. The van der Waals surface area contributed by atoms with Crippen LogP contribution in [0.15, 0.2) is 89.6 Å². The van der Waals surface area contributed by atoms with E-state index in [-0.39, 0.29) is 5.69 Å². The maximum atomic E-state index is 14.0. The van der Waals surface area contributed by atoms with Crippen molar-refractivity contribution in [2.24, 2.45) is 0 Å². The smallest absolute Gasteiger partial charge is 0.248 e. The van der Waals surface area contributed by atoms with Crippen molar-refractivity contribution in [1.29, 1.82) is 0 Å². The largest absolute Gasteiger partial charge is 0.496 e. The molecule has 4 nitrogen and oxygen atoms in total. The molecule has 5 aromatic rings. The molecule has 0 aliphatic carbocycles. The first kappa shape index (κ1) is 22.4. The van der Waals surface area contributed by atoms with Gasteiger partial charge in [0.15, 0.2) is 0 Å². The van der Waals surface area contributed by atoms with E-state index in [9.17, 15) is 9.18 Å². The van der Waals surface area contributed by atoms with Gasteiger partial charge in [-0.3, -0.25) is 4.79 Å². The highest BCUT2D eigenvalue weighted by Gasteiger charge is 2.19. The molecule has 0 fully saturated rings. The summed E-state index contributed by atoms with van der Waals surface area (Å²) in [6.07, 6.45) is 3.22. The number of carbonyl (C=O) groups excluding carboxylic acids is 1. The van der Waals surface area contributed by atoms with Gasteiger partial charge in [-0.2, -0.15) is 0 Å². The first-order chi connectivity index (χ1) is 17.0. The molecule has 174 valence electrons. The summed E-state index contributed by atoms with van der Waals surface area (Å²) in [6, 6.07) is 22.5. The Morgan fingerprint density at radius 1 is 0.971 bits per heavy atom. The third kappa shape index (κ3) is 4.06. The number of hydrogen-bond donors (Lipinski definition) is 1. The summed E-state index contributed by atoms with van der Waals surface area (Å²) in [4.78, 5) is 12.7. The number of allylic oxidation sites excluding steroid dienone is 1. The van der Waals surface area contributed by atoms with E-state index in [1.54, 1.807) is 25.5 Å². The van der Waals surface area contributed by atoms with Crippen molar-refractivity contribution in [3.05, 3.63) is 102 Å². The van der Waals surface area contributed by atoms with Crippen LogP contribution in [0.25, 0.3) is 38.4 Å². The minimum Gasteiger partial charge on any atom is -0.496 e. The lowest BCUT2D eigenvalue weighted by Crippen LogP contribution is -2.10. The van der Waals surface area contributed by atoms with E-state index in [0.29, 0.717) is 11.3 Å². The molecule has 0 aliphatic rings. The first-order valence-corrected chi connectivity index (χ1v) is 11.3. The van der Waals surface area contributed by atoms with E-state index >= 15 is 0 Å². The number of halogens is 1. The van der Waals surface area contributed by atoms with E-state index < -0.39 is 11.7 Å². The normalized spacial score (nSPS) is 11.7. The Morgan fingerprint density at radius 3 is 2.51 bits per heavy atom. The predicted octanol–water partition coefficient (Wildman–Crippen LogP) is 7.75. The minimum atomic E-state index is -0.486. The molecule has 0 radical (unpaired) electrons. The Hall–Kier alpha value is -4.38. The fourth-order valence-electron chi connectivity index (χ4n) is 4.55. The Morgan fingerprint density at radius 2 is 1.71 bits per heavy atom. The van der Waals surface area contributed by atoms with Gasteiger partial charge in [-0.1, -0.05) is 54.6 Å². The summed E-state index contributed by atoms with van der Waals surface area (Å²) in [7, 11) is 1.60. The van der Waals surface area contributed by atoms with E-state index in [1.165, 1.54) is 18.2 Å². The second-order valence-corrected chi connectivity index (χ2v) is 8.43. The summed E-state index contributed by atoms with van der Waals surface area (Å²) in [5, 5.41) is 5.80. The molecule has 1 heterocycles. The molecule has 0 saturated heterocycles. The number of benzene rings is 4. The van der Waals surface area contributed by atoms with E-state index in [2.05, 4.69) is 29.6 Å². The van der Waals surface area contributed by atoms with E-state index in [1.807, 2.05) is 38.1 Å². The van der Waals surface area contributed by atoms with Crippen LogP contribution in [0, 0.1) is 12.7 Å². The molecule has 0 aliphatic heterocycles. The standard InChI is InChI=1S/C30H24FNO3/c1-18(15-28(33)32-27-14-7-6-13-26(27)31)23-16-24-25(17-35-30(24)19(2)29(23)34-3)22-12-8-10-20-9-4-5-11-21(20)22/h4-17H,1-3H3,(H,32,33)/b18-15+. The fourth-order valence-corrected chi connectivity index (χ4v) is 4.55. The van der Waals surface area contributed by atoms with Crippen molar-refractivity contribution < 1.29 is 18.3 Å². The van der Waals surface area contributed by atoms with Gasteiger partial charge < -0.3 is 14.5 Å². The monoisotopic (exact) mass is 465 g/mol. The van der Waals surface area contributed by atoms with Crippen LogP contribution in [0.5, 0.6) is 5.75 Å². The van der Waals surface area contributed by atoms with Gasteiger partial charge in [-0.05, 0) is 54.0 Å². The third-order valence-corrected chi connectivity index (χ3v) is 6.23. The predicted molar refractivity (Wildman–Crippen MR) is 139 cm³/mol. The number of nitrogens with one attached hydrogen (secondary N) is 1. The van der Waals surface area contributed by atoms with E-state index in [4.69, 9.17) is 9.15 Å². The zero-order valence-electron chi connectivity index (χ0n) is 19.7. The van der Waals surface area contributed by atoms with Gasteiger partial charge in [0.2, 0.25) is 5.91 Å². The highest BCUT2D eigenvalue weighted by molar-refractivity contribution is 6.08. The van der Waals surface area contributed by atoms with Crippen molar-refractivity contribution in [2.45, 2.75) is 13.8 Å². The zero-order chi connectivity index (χ0) is 24.5. The number of anilines is 1.